The molecule has 64 valence electrons. The van der Waals surface area contributed by atoms with Gasteiger partial charge in [-0.15, -0.1) is 0 Å². The van der Waals surface area contributed by atoms with Gasteiger partial charge in [-0.25, -0.2) is 4.98 Å². The number of hydrogen-bond donors (Lipinski definition) is 0. The van der Waals surface area contributed by atoms with Gasteiger partial charge in [0.2, 0.25) is 0 Å². The number of fused-ring (bicyclic) bond motifs is 3. The van der Waals surface area contributed by atoms with E-state index in [1.807, 2.05) is 16.8 Å². The van der Waals surface area contributed by atoms with Crippen LogP contribution in [0.3, 0.4) is 0 Å². The minimum atomic E-state index is 0.522. The maximum absolute atomic E-state index is 5.47. The van der Waals surface area contributed by atoms with Crippen molar-refractivity contribution >= 4 is 0 Å². The Labute approximate surface area is 74.8 Å². The number of ether oxygens (including phenoxy) is 1. The first-order chi connectivity index (χ1) is 6.45. The molecular weight excluding hydrogens is 166 g/mol. The van der Waals surface area contributed by atoms with E-state index in [-0.39, 0.29) is 0 Å². The highest BCUT2D eigenvalue weighted by molar-refractivity contribution is 5.64. The largest absolute Gasteiger partial charge is 0.470 e. The molecular formula is C9H7N3O. The van der Waals surface area contributed by atoms with Crippen LogP contribution in [0, 0.1) is 0 Å². The molecule has 0 bridgehead atoms. The molecule has 4 nitrogen and oxygen atoms in total. The van der Waals surface area contributed by atoms with E-state index in [2.05, 4.69) is 9.97 Å². The zero-order valence-corrected chi connectivity index (χ0v) is 6.84. The van der Waals surface area contributed by atoms with Crippen LogP contribution < -0.4 is 4.74 Å². The first-order valence-corrected chi connectivity index (χ1v) is 4.03. The van der Waals surface area contributed by atoms with E-state index in [0.29, 0.717) is 6.73 Å². The molecule has 0 aromatic carbocycles. The quantitative estimate of drug-likeness (QED) is 0.602. The van der Waals surface area contributed by atoms with Crippen LogP contribution in [-0.4, -0.2) is 14.5 Å². The summed E-state index contributed by atoms with van der Waals surface area (Å²) in [7, 11) is 0. The van der Waals surface area contributed by atoms with Gasteiger partial charge >= 0.3 is 0 Å². The van der Waals surface area contributed by atoms with Crippen molar-refractivity contribution in [3.63, 3.8) is 0 Å². The summed E-state index contributed by atoms with van der Waals surface area (Å²) in [6, 6.07) is 1.91. The fourth-order valence-corrected chi connectivity index (χ4v) is 1.48. The van der Waals surface area contributed by atoms with Crippen LogP contribution in [0.2, 0.25) is 0 Å². The van der Waals surface area contributed by atoms with Gasteiger partial charge in [0.05, 0.1) is 11.8 Å². The van der Waals surface area contributed by atoms with Crippen molar-refractivity contribution in [3.8, 4) is 17.1 Å². The fraction of sp³-hybridized carbons (Fsp3) is 0.111. The maximum atomic E-state index is 5.47. The Morgan fingerprint density at radius 1 is 1.38 bits per heavy atom. The Balaban J connectivity index is 2.30. The lowest BCUT2D eigenvalue weighted by Crippen LogP contribution is -2.12. The van der Waals surface area contributed by atoms with Gasteiger partial charge in [0.1, 0.15) is 5.82 Å². The Kier molecular flexibility index (Phi) is 1.19. The van der Waals surface area contributed by atoms with Crippen molar-refractivity contribution in [2.45, 2.75) is 6.73 Å². The molecule has 0 amide bonds. The van der Waals surface area contributed by atoms with Gasteiger partial charge in [0.25, 0.3) is 0 Å². The zero-order chi connectivity index (χ0) is 8.67. The van der Waals surface area contributed by atoms with Crippen LogP contribution in [0.5, 0.6) is 5.75 Å². The van der Waals surface area contributed by atoms with E-state index in [9.17, 15) is 0 Å². The van der Waals surface area contributed by atoms with Crippen LogP contribution in [0.25, 0.3) is 11.4 Å². The van der Waals surface area contributed by atoms with Crippen molar-refractivity contribution in [1.82, 2.24) is 14.5 Å². The topological polar surface area (TPSA) is 39.9 Å². The normalized spacial score (nSPS) is 12.9. The van der Waals surface area contributed by atoms with Gasteiger partial charge in [0, 0.05) is 18.6 Å². The third-order valence-corrected chi connectivity index (χ3v) is 2.10. The van der Waals surface area contributed by atoms with E-state index in [0.717, 1.165) is 17.1 Å². The number of aromatic nitrogens is 3. The lowest BCUT2D eigenvalue weighted by atomic mass is 10.2. The van der Waals surface area contributed by atoms with Crippen LogP contribution in [0.1, 0.15) is 0 Å². The van der Waals surface area contributed by atoms with Crippen LogP contribution in [0.4, 0.5) is 0 Å². The molecule has 0 aliphatic carbocycles. The lowest BCUT2D eigenvalue weighted by Gasteiger charge is -2.17. The van der Waals surface area contributed by atoms with Gasteiger partial charge in [0.15, 0.2) is 12.5 Å². The highest BCUT2D eigenvalue weighted by Crippen LogP contribution is 2.31. The molecule has 2 aromatic heterocycles. The minimum absolute atomic E-state index is 0.522. The monoisotopic (exact) mass is 173 g/mol. The molecule has 3 rings (SSSR count). The molecule has 0 spiro atoms. The van der Waals surface area contributed by atoms with Crippen LogP contribution in [-0.2, 0) is 6.73 Å². The Morgan fingerprint density at radius 3 is 3.38 bits per heavy atom. The third kappa shape index (κ3) is 0.853. The molecule has 13 heavy (non-hydrogen) atoms. The highest BCUT2D eigenvalue weighted by Gasteiger charge is 2.16. The van der Waals surface area contributed by atoms with Crippen LogP contribution in [0.15, 0.2) is 30.9 Å². The first-order valence-electron chi connectivity index (χ1n) is 4.03. The zero-order valence-electron chi connectivity index (χ0n) is 6.84. The number of pyridine rings is 1. The van der Waals surface area contributed by atoms with Crippen molar-refractivity contribution < 1.29 is 4.74 Å². The van der Waals surface area contributed by atoms with Crippen molar-refractivity contribution in [1.29, 1.82) is 0 Å². The molecule has 0 N–H and O–H groups in total. The fourth-order valence-electron chi connectivity index (χ4n) is 1.48. The second-order valence-electron chi connectivity index (χ2n) is 2.87. The molecule has 1 aliphatic rings. The molecule has 3 heterocycles. The third-order valence-electron chi connectivity index (χ3n) is 2.10. The molecule has 0 unspecified atom stereocenters. The summed E-state index contributed by atoms with van der Waals surface area (Å²) in [5.74, 6) is 1.75. The molecule has 4 heteroatoms. The second kappa shape index (κ2) is 2.32. The summed E-state index contributed by atoms with van der Waals surface area (Å²) < 4.78 is 7.43. The standard InChI is InChI=1S/C9H7N3O/c1-2-10-5-8-7(1)9-11-3-4-12(9)6-13-8/h1-5H,6H2. The summed E-state index contributed by atoms with van der Waals surface area (Å²) in [6.45, 7) is 0.522. The Morgan fingerprint density at radius 2 is 2.38 bits per heavy atom. The molecule has 0 saturated heterocycles. The predicted octanol–water partition coefficient (Wildman–Crippen LogP) is 1.29. The summed E-state index contributed by atoms with van der Waals surface area (Å²) >= 11 is 0. The number of hydrogen-bond acceptors (Lipinski definition) is 3. The Hall–Kier alpha value is -1.84. The average molecular weight is 173 g/mol. The maximum Gasteiger partial charge on any atom is 0.166 e. The first kappa shape index (κ1) is 6.65. The number of nitrogens with zero attached hydrogens (tertiary/aromatic N) is 3. The second-order valence-corrected chi connectivity index (χ2v) is 2.87. The average Bonchev–Trinajstić information content (AvgIpc) is 2.65. The highest BCUT2D eigenvalue weighted by atomic mass is 16.5. The van der Waals surface area contributed by atoms with Gasteiger partial charge < -0.3 is 4.74 Å². The molecule has 0 fully saturated rings. The Bertz CT molecular complexity index is 450. The smallest absolute Gasteiger partial charge is 0.166 e. The predicted molar refractivity (Wildman–Crippen MR) is 46.1 cm³/mol. The van der Waals surface area contributed by atoms with E-state index >= 15 is 0 Å². The van der Waals surface area contributed by atoms with Crippen molar-refractivity contribution in [3.05, 3.63) is 30.9 Å². The minimum Gasteiger partial charge on any atom is -0.470 e. The lowest BCUT2D eigenvalue weighted by molar-refractivity contribution is 0.229. The van der Waals surface area contributed by atoms with Gasteiger partial charge in [-0.2, -0.15) is 0 Å². The summed E-state index contributed by atoms with van der Waals surface area (Å²) in [5, 5.41) is 0. The summed E-state index contributed by atoms with van der Waals surface area (Å²) in [4.78, 5) is 8.25. The molecule has 0 radical (unpaired) electrons. The van der Waals surface area contributed by atoms with E-state index in [1.165, 1.54) is 0 Å². The van der Waals surface area contributed by atoms with Crippen molar-refractivity contribution in [2.75, 3.05) is 0 Å². The number of rotatable bonds is 0. The van der Waals surface area contributed by atoms with Gasteiger partial charge in [-0.3, -0.25) is 9.55 Å². The van der Waals surface area contributed by atoms with Gasteiger partial charge in [-0.05, 0) is 6.07 Å². The van der Waals surface area contributed by atoms with Crippen molar-refractivity contribution in [2.24, 2.45) is 0 Å². The molecule has 2 aromatic rings. The summed E-state index contributed by atoms with van der Waals surface area (Å²) in [6.07, 6.45) is 7.13. The summed E-state index contributed by atoms with van der Waals surface area (Å²) in [5.41, 5.74) is 1.01. The SMILES string of the molecule is c1cc2c(cn1)OCn1ccnc1-2. The van der Waals surface area contributed by atoms with Crippen LogP contribution >= 0.6 is 0 Å². The van der Waals surface area contributed by atoms with E-state index in [1.54, 1.807) is 18.6 Å². The number of imidazole rings is 1. The molecule has 0 saturated carbocycles. The molecule has 1 aliphatic heterocycles. The molecule has 0 atom stereocenters. The van der Waals surface area contributed by atoms with Gasteiger partial charge in [-0.1, -0.05) is 0 Å². The van der Waals surface area contributed by atoms with E-state index < -0.39 is 0 Å². The van der Waals surface area contributed by atoms with E-state index in [4.69, 9.17) is 4.74 Å².